The number of nitrogens with two attached hydrogens (primary N) is 1. The molecule has 1 aromatic carbocycles. The fraction of sp³-hybridized carbons (Fsp3) is 0.333. The Kier molecular flexibility index (Phi) is 6.06. The van der Waals surface area contributed by atoms with Gasteiger partial charge in [0.1, 0.15) is 0 Å². The van der Waals surface area contributed by atoms with Gasteiger partial charge in [0.25, 0.3) is 0 Å². The summed E-state index contributed by atoms with van der Waals surface area (Å²) in [7, 11) is 0. The van der Waals surface area contributed by atoms with Crippen molar-refractivity contribution >= 4 is 27.7 Å². The average Bonchev–Trinajstić information content (AvgIpc) is 2.25. The first-order chi connectivity index (χ1) is 7.24. The van der Waals surface area contributed by atoms with Gasteiger partial charge in [0.05, 0.1) is 0 Å². The number of allylic oxidation sites excluding steroid dienone is 1. The molecule has 0 aliphatic heterocycles. The lowest BCUT2D eigenvalue weighted by molar-refractivity contribution is 0.685. The molecule has 3 heteroatoms. The van der Waals surface area contributed by atoms with Gasteiger partial charge >= 0.3 is 0 Å². The van der Waals surface area contributed by atoms with E-state index in [-0.39, 0.29) is 6.04 Å². The highest BCUT2D eigenvalue weighted by Crippen LogP contribution is 2.27. The van der Waals surface area contributed by atoms with Crippen molar-refractivity contribution in [2.24, 2.45) is 5.73 Å². The molecule has 0 saturated carbocycles. The molecule has 0 aliphatic rings. The lowest BCUT2D eigenvalue weighted by Gasteiger charge is -2.10. The molecule has 0 aliphatic carbocycles. The molecular weight excluding hydrogens is 270 g/mol. The van der Waals surface area contributed by atoms with Crippen LogP contribution in [-0.2, 0) is 0 Å². The third-order valence-electron chi connectivity index (χ3n) is 2.03. The summed E-state index contributed by atoms with van der Waals surface area (Å²) in [5.41, 5.74) is 5.97. The van der Waals surface area contributed by atoms with E-state index in [0.717, 1.165) is 23.1 Å². The van der Waals surface area contributed by atoms with Crippen molar-refractivity contribution in [3.63, 3.8) is 0 Å². The summed E-state index contributed by atoms with van der Waals surface area (Å²) < 4.78 is 1.14. The summed E-state index contributed by atoms with van der Waals surface area (Å²) in [6, 6.07) is 8.47. The van der Waals surface area contributed by atoms with Gasteiger partial charge in [-0.25, -0.2) is 0 Å². The van der Waals surface area contributed by atoms with E-state index in [4.69, 9.17) is 5.73 Å². The van der Waals surface area contributed by atoms with Crippen LogP contribution in [0, 0.1) is 0 Å². The molecule has 15 heavy (non-hydrogen) atoms. The van der Waals surface area contributed by atoms with E-state index < -0.39 is 0 Å². The molecule has 82 valence electrons. The largest absolute Gasteiger partial charge is 0.327 e. The molecule has 1 atom stereocenters. The van der Waals surface area contributed by atoms with Gasteiger partial charge in [-0.05, 0) is 40.9 Å². The van der Waals surface area contributed by atoms with Gasteiger partial charge in [0, 0.05) is 21.2 Å². The molecule has 0 saturated heterocycles. The van der Waals surface area contributed by atoms with Crippen molar-refractivity contribution in [2.45, 2.75) is 23.8 Å². The van der Waals surface area contributed by atoms with Crippen LogP contribution in [0.15, 0.2) is 46.3 Å². The van der Waals surface area contributed by atoms with E-state index in [1.54, 1.807) is 11.8 Å². The maximum Gasteiger partial charge on any atom is 0.0311 e. The predicted molar refractivity (Wildman–Crippen MR) is 72.3 cm³/mol. The maximum absolute atomic E-state index is 5.97. The zero-order valence-corrected chi connectivity index (χ0v) is 11.1. The SMILES string of the molecule is C=CCCC(N)CSc1ccccc1Br. The van der Waals surface area contributed by atoms with E-state index in [2.05, 4.69) is 34.6 Å². The molecular formula is C12H16BrNS. The maximum atomic E-state index is 5.97. The van der Waals surface area contributed by atoms with Crippen LogP contribution in [0.4, 0.5) is 0 Å². The molecule has 1 aromatic rings. The molecule has 0 radical (unpaired) electrons. The molecule has 0 fully saturated rings. The Balaban J connectivity index is 2.36. The third kappa shape index (κ3) is 4.87. The van der Waals surface area contributed by atoms with Crippen LogP contribution >= 0.6 is 27.7 Å². The van der Waals surface area contributed by atoms with Crippen LogP contribution in [0.2, 0.25) is 0 Å². The predicted octanol–water partition coefficient (Wildman–Crippen LogP) is 3.83. The van der Waals surface area contributed by atoms with Crippen LogP contribution in [0.25, 0.3) is 0 Å². The van der Waals surface area contributed by atoms with Crippen LogP contribution < -0.4 is 5.73 Å². The monoisotopic (exact) mass is 285 g/mol. The molecule has 0 amide bonds. The fourth-order valence-electron chi connectivity index (χ4n) is 1.17. The van der Waals surface area contributed by atoms with Gasteiger partial charge in [0.15, 0.2) is 0 Å². The highest BCUT2D eigenvalue weighted by molar-refractivity contribution is 9.10. The minimum absolute atomic E-state index is 0.250. The van der Waals surface area contributed by atoms with Gasteiger partial charge in [0.2, 0.25) is 0 Å². The Hall–Kier alpha value is -0.250. The highest BCUT2D eigenvalue weighted by Gasteiger charge is 2.04. The normalized spacial score (nSPS) is 12.4. The molecule has 1 nitrogen and oxygen atoms in total. The van der Waals surface area contributed by atoms with Gasteiger partial charge in [-0.1, -0.05) is 18.2 Å². The summed E-state index contributed by atoms with van der Waals surface area (Å²) >= 11 is 5.32. The zero-order valence-electron chi connectivity index (χ0n) is 8.66. The smallest absolute Gasteiger partial charge is 0.0311 e. The van der Waals surface area contributed by atoms with Gasteiger partial charge in [-0.15, -0.1) is 18.3 Å². The van der Waals surface area contributed by atoms with Crippen LogP contribution in [0.1, 0.15) is 12.8 Å². The van der Waals surface area contributed by atoms with Crippen molar-refractivity contribution < 1.29 is 0 Å². The number of hydrogen-bond donors (Lipinski definition) is 1. The average molecular weight is 286 g/mol. The summed E-state index contributed by atoms with van der Waals surface area (Å²) in [4.78, 5) is 1.26. The number of thioether (sulfide) groups is 1. The zero-order chi connectivity index (χ0) is 11.1. The first-order valence-corrected chi connectivity index (χ1v) is 6.75. The standard InChI is InChI=1S/C12H16BrNS/c1-2-3-6-10(14)9-15-12-8-5-4-7-11(12)13/h2,4-5,7-8,10H,1,3,6,9,14H2. The van der Waals surface area contributed by atoms with Crippen LogP contribution in [-0.4, -0.2) is 11.8 Å². The quantitative estimate of drug-likeness (QED) is 0.635. The lowest BCUT2D eigenvalue weighted by atomic mass is 10.2. The van der Waals surface area contributed by atoms with Crippen molar-refractivity contribution in [3.05, 3.63) is 41.4 Å². The van der Waals surface area contributed by atoms with E-state index in [0.29, 0.717) is 0 Å². The van der Waals surface area contributed by atoms with Crippen molar-refractivity contribution in [1.82, 2.24) is 0 Å². The summed E-state index contributed by atoms with van der Waals surface area (Å²) in [5, 5.41) is 0. The molecule has 1 unspecified atom stereocenters. The molecule has 0 heterocycles. The first kappa shape index (κ1) is 12.8. The van der Waals surface area contributed by atoms with E-state index in [9.17, 15) is 0 Å². The van der Waals surface area contributed by atoms with E-state index >= 15 is 0 Å². The second-order valence-electron chi connectivity index (χ2n) is 3.37. The topological polar surface area (TPSA) is 26.0 Å². The van der Waals surface area contributed by atoms with Crippen molar-refractivity contribution in [3.8, 4) is 0 Å². The van der Waals surface area contributed by atoms with Gasteiger partial charge < -0.3 is 5.73 Å². The minimum Gasteiger partial charge on any atom is -0.327 e. The highest BCUT2D eigenvalue weighted by atomic mass is 79.9. The fourth-order valence-corrected chi connectivity index (χ4v) is 2.74. The van der Waals surface area contributed by atoms with E-state index in [1.165, 1.54) is 4.90 Å². The Morgan fingerprint density at radius 2 is 2.20 bits per heavy atom. The van der Waals surface area contributed by atoms with Crippen molar-refractivity contribution in [1.29, 1.82) is 0 Å². The Bertz CT molecular complexity index is 314. The minimum atomic E-state index is 0.250. The molecule has 2 N–H and O–H groups in total. The molecule has 0 spiro atoms. The first-order valence-electron chi connectivity index (χ1n) is 4.98. The third-order valence-corrected chi connectivity index (χ3v) is 4.25. The van der Waals surface area contributed by atoms with E-state index in [1.807, 2.05) is 18.2 Å². The molecule has 1 rings (SSSR count). The summed E-state index contributed by atoms with van der Waals surface area (Å²) in [6.45, 7) is 3.70. The van der Waals surface area contributed by atoms with Gasteiger partial charge in [-0.2, -0.15) is 0 Å². The second kappa shape index (κ2) is 7.09. The Morgan fingerprint density at radius 3 is 2.87 bits per heavy atom. The number of rotatable bonds is 6. The Labute approximate surface area is 104 Å². The van der Waals surface area contributed by atoms with Crippen LogP contribution in [0.5, 0.6) is 0 Å². The van der Waals surface area contributed by atoms with Crippen molar-refractivity contribution in [2.75, 3.05) is 5.75 Å². The summed E-state index contributed by atoms with van der Waals surface area (Å²) in [5.74, 6) is 0.955. The summed E-state index contributed by atoms with van der Waals surface area (Å²) in [6.07, 6.45) is 3.93. The van der Waals surface area contributed by atoms with Gasteiger partial charge in [-0.3, -0.25) is 0 Å². The Morgan fingerprint density at radius 1 is 1.47 bits per heavy atom. The number of benzene rings is 1. The number of hydrogen-bond acceptors (Lipinski definition) is 2. The second-order valence-corrected chi connectivity index (χ2v) is 5.28. The molecule has 0 bridgehead atoms. The molecule has 0 aromatic heterocycles. The number of halogens is 1. The lowest BCUT2D eigenvalue weighted by Crippen LogP contribution is -2.22. The van der Waals surface area contributed by atoms with Crippen LogP contribution in [0.3, 0.4) is 0 Å².